The Bertz CT molecular complexity index is 1050. The van der Waals surface area contributed by atoms with Gasteiger partial charge in [0.2, 0.25) is 11.7 Å². The molecule has 0 aromatic heterocycles. The summed E-state index contributed by atoms with van der Waals surface area (Å²) >= 11 is 0. The second-order valence-corrected chi connectivity index (χ2v) is 6.93. The van der Waals surface area contributed by atoms with E-state index in [4.69, 9.17) is 16.1 Å². The van der Waals surface area contributed by atoms with E-state index in [2.05, 4.69) is 0 Å². The van der Waals surface area contributed by atoms with Gasteiger partial charge in [-0.1, -0.05) is 0 Å². The predicted octanol–water partition coefficient (Wildman–Crippen LogP) is 3.58. The summed E-state index contributed by atoms with van der Waals surface area (Å²) in [5, 5.41) is 17.0. The van der Waals surface area contributed by atoms with Gasteiger partial charge in [0.05, 0.1) is 17.2 Å². The zero-order valence-corrected chi connectivity index (χ0v) is 15.9. The number of ketones is 1. The van der Waals surface area contributed by atoms with Crippen molar-refractivity contribution < 1.29 is 37.1 Å². The Morgan fingerprint density at radius 1 is 1.10 bits per heavy atom. The molecule has 2 aromatic rings. The summed E-state index contributed by atoms with van der Waals surface area (Å²) in [4.78, 5) is 32.3. The molecule has 0 heterocycles. The molecule has 0 bridgehead atoms. The number of hydrogen-bond donors (Lipinski definition) is 2. The van der Waals surface area contributed by atoms with Gasteiger partial charge >= 0.3 is 12.1 Å². The number of benzene rings is 2. The number of hydrogen-bond acceptors (Lipinski definition) is 4. The molecule has 1 saturated carbocycles. The smallest absolute Gasteiger partial charge is 0.416 e. The molecule has 31 heavy (non-hydrogen) atoms. The number of nitriles is 1. The second kappa shape index (κ2) is 8.95. The third-order valence-corrected chi connectivity index (χ3v) is 4.75. The van der Waals surface area contributed by atoms with Crippen LogP contribution in [0.5, 0.6) is 0 Å². The van der Waals surface area contributed by atoms with Gasteiger partial charge in [-0.15, -0.1) is 0 Å². The van der Waals surface area contributed by atoms with Gasteiger partial charge in [-0.2, -0.15) is 18.4 Å². The van der Waals surface area contributed by atoms with Gasteiger partial charge in [0.25, 0.3) is 0 Å². The number of alkyl halides is 3. The highest BCUT2D eigenvalue weighted by Gasteiger charge is 2.49. The molecule has 162 valence electrons. The summed E-state index contributed by atoms with van der Waals surface area (Å²) in [5.41, 5.74) is 3.57. The molecule has 0 spiro atoms. The molecule has 6 nitrogen and oxygen atoms in total. The number of amides is 1. The SMILES string of the molecule is N#Cc1ccc(C(N)=O)cc1.O=C(O)C(=O)CC1(c2cc(C(F)(F)F)ccc2F)CC1. The van der Waals surface area contributed by atoms with Crippen molar-refractivity contribution in [2.24, 2.45) is 5.73 Å². The molecule has 0 saturated heterocycles. The van der Waals surface area contributed by atoms with Crippen molar-refractivity contribution in [3.8, 4) is 6.07 Å². The van der Waals surface area contributed by atoms with Crippen LogP contribution in [0, 0.1) is 17.1 Å². The molecule has 0 radical (unpaired) electrons. The minimum atomic E-state index is -4.62. The van der Waals surface area contributed by atoms with E-state index in [0.717, 1.165) is 0 Å². The molecular weight excluding hydrogens is 420 g/mol. The van der Waals surface area contributed by atoms with Crippen molar-refractivity contribution in [3.63, 3.8) is 0 Å². The molecule has 3 N–H and O–H groups in total. The van der Waals surface area contributed by atoms with Crippen LogP contribution in [-0.2, 0) is 21.2 Å². The van der Waals surface area contributed by atoms with Crippen LogP contribution in [0.25, 0.3) is 0 Å². The maximum Gasteiger partial charge on any atom is 0.416 e. The Morgan fingerprint density at radius 3 is 2.10 bits per heavy atom. The number of nitrogens with zero attached hydrogens (tertiary/aromatic N) is 1. The molecule has 0 unspecified atom stereocenters. The van der Waals surface area contributed by atoms with E-state index >= 15 is 0 Å². The van der Waals surface area contributed by atoms with Crippen LogP contribution in [0.3, 0.4) is 0 Å². The number of Topliss-reactive ketones (excluding diaryl/α,β-unsaturated/α-hetero) is 1. The molecule has 1 aliphatic carbocycles. The summed E-state index contributed by atoms with van der Waals surface area (Å²) in [7, 11) is 0. The van der Waals surface area contributed by atoms with Gasteiger partial charge in [0.1, 0.15) is 5.82 Å². The number of aliphatic carboxylic acids is 1. The fraction of sp³-hybridized carbons (Fsp3) is 0.238. The first kappa shape index (κ1) is 23.5. The van der Waals surface area contributed by atoms with Crippen molar-refractivity contribution in [1.82, 2.24) is 0 Å². The number of carbonyl (C=O) groups is 3. The van der Waals surface area contributed by atoms with Crippen LogP contribution in [0.1, 0.15) is 46.3 Å². The summed E-state index contributed by atoms with van der Waals surface area (Å²) in [6.45, 7) is 0. The predicted molar refractivity (Wildman–Crippen MR) is 99.2 cm³/mol. The van der Waals surface area contributed by atoms with Crippen LogP contribution in [0.15, 0.2) is 42.5 Å². The molecule has 3 rings (SSSR count). The van der Waals surface area contributed by atoms with E-state index in [-0.39, 0.29) is 5.56 Å². The average Bonchev–Trinajstić information content (AvgIpc) is 3.48. The molecule has 1 amide bonds. The lowest BCUT2D eigenvalue weighted by atomic mass is 9.89. The fourth-order valence-electron chi connectivity index (χ4n) is 2.89. The van der Waals surface area contributed by atoms with Crippen molar-refractivity contribution in [1.29, 1.82) is 5.26 Å². The second-order valence-electron chi connectivity index (χ2n) is 6.93. The minimum Gasteiger partial charge on any atom is -0.476 e. The molecule has 10 heteroatoms. The van der Waals surface area contributed by atoms with E-state index < -0.39 is 47.1 Å². The quantitative estimate of drug-likeness (QED) is 0.548. The lowest BCUT2D eigenvalue weighted by molar-refractivity contribution is -0.149. The Labute approximate surface area is 173 Å². The van der Waals surface area contributed by atoms with Gasteiger partial charge in [0.15, 0.2) is 0 Å². The number of primary amides is 1. The first-order valence-corrected chi connectivity index (χ1v) is 8.83. The maximum atomic E-state index is 13.7. The number of rotatable bonds is 5. The van der Waals surface area contributed by atoms with Crippen molar-refractivity contribution in [2.75, 3.05) is 0 Å². The Balaban J connectivity index is 0.000000262. The third-order valence-electron chi connectivity index (χ3n) is 4.75. The number of halogens is 4. The summed E-state index contributed by atoms with van der Waals surface area (Å²) in [5.74, 6) is -4.12. The Hall–Kier alpha value is -3.74. The summed E-state index contributed by atoms with van der Waals surface area (Å²) in [6.07, 6.45) is -4.51. The van der Waals surface area contributed by atoms with Crippen molar-refractivity contribution in [3.05, 3.63) is 70.5 Å². The summed E-state index contributed by atoms with van der Waals surface area (Å²) in [6, 6.07) is 10.1. The lowest BCUT2D eigenvalue weighted by Gasteiger charge is -2.17. The molecule has 0 aliphatic heterocycles. The van der Waals surface area contributed by atoms with Crippen LogP contribution >= 0.6 is 0 Å². The average molecular weight is 436 g/mol. The van der Waals surface area contributed by atoms with Crippen LogP contribution in [-0.4, -0.2) is 22.8 Å². The van der Waals surface area contributed by atoms with E-state index in [9.17, 15) is 31.9 Å². The third kappa shape index (κ3) is 5.88. The van der Waals surface area contributed by atoms with Gasteiger partial charge in [-0.05, 0) is 60.9 Å². The Kier molecular flexibility index (Phi) is 6.80. The van der Waals surface area contributed by atoms with Crippen LogP contribution in [0.4, 0.5) is 17.6 Å². The normalized spacial score (nSPS) is 13.9. The first-order valence-electron chi connectivity index (χ1n) is 8.83. The largest absolute Gasteiger partial charge is 0.476 e. The number of carboxylic acid groups (broad SMARTS) is 1. The van der Waals surface area contributed by atoms with E-state index in [1.807, 2.05) is 6.07 Å². The fourth-order valence-corrected chi connectivity index (χ4v) is 2.89. The zero-order chi connectivity index (χ0) is 23.4. The van der Waals surface area contributed by atoms with Crippen molar-refractivity contribution >= 4 is 17.7 Å². The number of carbonyl (C=O) groups excluding carboxylic acids is 2. The van der Waals surface area contributed by atoms with E-state index in [1.54, 1.807) is 12.1 Å². The Morgan fingerprint density at radius 2 is 1.68 bits per heavy atom. The van der Waals surface area contributed by atoms with Gasteiger partial charge in [0, 0.05) is 17.4 Å². The molecule has 1 aliphatic rings. The van der Waals surface area contributed by atoms with Crippen LogP contribution in [0.2, 0.25) is 0 Å². The topological polar surface area (TPSA) is 121 Å². The minimum absolute atomic E-state index is 0.234. The summed E-state index contributed by atoms with van der Waals surface area (Å²) < 4.78 is 51.6. The van der Waals surface area contributed by atoms with Gasteiger partial charge < -0.3 is 10.8 Å². The van der Waals surface area contributed by atoms with E-state index in [1.165, 1.54) is 12.1 Å². The maximum absolute atomic E-state index is 13.7. The highest BCUT2D eigenvalue weighted by atomic mass is 19.4. The van der Waals surface area contributed by atoms with Crippen LogP contribution < -0.4 is 5.73 Å². The standard InChI is InChI=1S/C13H10F4O3.C8H6N2O/c14-9-2-1-7(13(15,16)17)5-8(9)12(3-4-12)6-10(18)11(19)20;9-5-6-1-3-7(4-2-6)8(10)11/h1-2,5H,3-4,6H2,(H,19,20);1-4H,(H2,10,11). The highest BCUT2D eigenvalue weighted by Crippen LogP contribution is 2.52. The number of carboxylic acids is 1. The first-order chi connectivity index (χ1) is 14.4. The molecule has 2 aromatic carbocycles. The van der Waals surface area contributed by atoms with Gasteiger partial charge in [-0.25, -0.2) is 9.18 Å². The molecule has 0 atom stereocenters. The van der Waals surface area contributed by atoms with Gasteiger partial charge in [-0.3, -0.25) is 9.59 Å². The number of nitrogens with two attached hydrogens (primary N) is 1. The monoisotopic (exact) mass is 436 g/mol. The zero-order valence-electron chi connectivity index (χ0n) is 15.9. The lowest BCUT2D eigenvalue weighted by Crippen LogP contribution is -2.22. The molecule has 1 fully saturated rings. The highest BCUT2D eigenvalue weighted by molar-refractivity contribution is 6.33. The van der Waals surface area contributed by atoms with E-state index in [0.29, 0.717) is 42.2 Å². The molecular formula is C21H16F4N2O4. The van der Waals surface area contributed by atoms with Crippen molar-refractivity contribution in [2.45, 2.75) is 30.9 Å².